The first kappa shape index (κ1) is 25.6. The van der Waals surface area contributed by atoms with E-state index in [2.05, 4.69) is 88.8 Å². The van der Waals surface area contributed by atoms with E-state index < -0.39 is 0 Å². The van der Waals surface area contributed by atoms with Gasteiger partial charge < -0.3 is 10.2 Å². The van der Waals surface area contributed by atoms with Crippen molar-refractivity contribution in [2.75, 3.05) is 13.1 Å². The van der Waals surface area contributed by atoms with Crippen molar-refractivity contribution in [2.24, 2.45) is 0 Å². The number of benzene rings is 1. The third-order valence-corrected chi connectivity index (χ3v) is 8.42. The Morgan fingerprint density at radius 3 is 2.57 bits per heavy atom. The number of allylic oxidation sites excluding steroid dienone is 6. The molecule has 0 unspecified atom stereocenters. The van der Waals surface area contributed by atoms with Crippen LogP contribution in [0.2, 0.25) is 0 Å². The zero-order chi connectivity index (χ0) is 25.9. The van der Waals surface area contributed by atoms with Crippen LogP contribution < -0.4 is 5.32 Å². The summed E-state index contributed by atoms with van der Waals surface area (Å²) in [5.41, 5.74) is 9.16. The van der Waals surface area contributed by atoms with Crippen molar-refractivity contribution < 1.29 is 4.79 Å². The topological polar surface area (TPSA) is 62.5 Å². The van der Waals surface area contributed by atoms with Crippen molar-refractivity contribution >= 4 is 38.6 Å². The number of carbonyl (C=O) groups excluding carboxylic acids is 1. The van der Waals surface area contributed by atoms with E-state index in [0.29, 0.717) is 12.6 Å². The van der Waals surface area contributed by atoms with Crippen LogP contribution in [-0.2, 0) is 11.3 Å². The van der Waals surface area contributed by atoms with E-state index >= 15 is 0 Å². The van der Waals surface area contributed by atoms with Gasteiger partial charge in [0.1, 0.15) is 0 Å². The number of aromatic nitrogens is 3. The second-order valence-corrected chi connectivity index (χ2v) is 10.9. The quantitative estimate of drug-likeness (QED) is 0.267. The van der Waals surface area contributed by atoms with Crippen LogP contribution in [-0.4, -0.2) is 44.5 Å². The number of hydrogen-bond donors (Lipinski definition) is 1. The van der Waals surface area contributed by atoms with Gasteiger partial charge in [-0.05, 0) is 72.2 Å². The monoisotopic (exact) mass is 559 g/mol. The van der Waals surface area contributed by atoms with Gasteiger partial charge >= 0.3 is 0 Å². The van der Waals surface area contributed by atoms with Crippen LogP contribution in [0.25, 0.3) is 16.8 Å². The molecule has 1 aromatic carbocycles. The summed E-state index contributed by atoms with van der Waals surface area (Å²) >= 11 is 3.76. The van der Waals surface area contributed by atoms with Crippen LogP contribution in [0.3, 0.4) is 0 Å². The molecule has 0 atom stereocenters. The summed E-state index contributed by atoms with van der Waals surface area (Å²) in [5.74, 6) is 0.163. The Kier molecular flexibility index (Phi) is 7.72. The highest BCUT2D eigenvalue weighted by molar-refractivity contribution is 9.10. The molecule has 1 fully saturated rings. The Morgan fingerprint density at radius 1 is 1.16 bits per heavy atom. The number of halogens is 1. The second kappa shape index (κ2) is 11.2. The van der Waals surface area contributed by atoms with Gasteiger partial charge in [-0.25, -0.2) is 9.50 Å². The van der Waals surface area contributed by atoms with Crippen LogP contribution in [0.5, 0.6) is 0 Å². The number of piperidine rings is 1. The lowest BCUT2D eigenvalue weighted by Crippen LogP contribution is -2.44. The lowest BCUT2D eigenvalue weighted by atomic mass is 10.00. The maximum Gasteiger partial charge on any atom is 0.219 e. The smallest absolute Gasteiger partial charge is 0.219 e. The number of nitrogens with one attached hydrogen (secondary N) is 1. The molecular weight excluding hydrogens is 526 g/mol. The standard InChI is InChI=1S/C30H34BrN5O/c1-20(9-12-25(17-23-10-11-23)24-7-5-4-6-8-24)27-18-33-36-21(2)29(31)28(34-30(27)36)19-32-26-13-15-35(16-14-26)22(3)37/h4-10,12,18,26,32H,11,13-17,19H2,1-3H3. The molecule has 3 heterocycles. The minimum Gasteiger partial charge on any atom is -0.343 e. The van der Waals surface area contributed by atoms with Crippen LogP contribution in [0.4, 0.5) is 0 Å². The molecule has 37 heavy (non-hydrogen) atoms. The fraction of sp³-hybridized carbons (Fsp3) is 0.367. The maximum atomic E-state index is 11.6. The Morgan fingerprint density at radius 2 is 1.89 bits per heavy atom. The molecule has 1 aliphatic carbocycles. The number of aryl methyl sites for hydroxylation is 1. The van der Waals surface area contributed by atoms with Gasteiger partial charge in [0.2, 0.25) is 5.91 Å². The van der Waals surface area contributed by atoms with Crippen molar-refractivity contribution in [3.63, 3.8) is 0 Å². The molecular formula is C30H34BrN5O. The van der Waals surface area contributed by atoms with E-state index in [0.717, 1.165) is 71.4 Å². The minimum atomic E-state index is 0.163. The lowest BCUT2D eigenvalue weighted by molar-refractivity contribution is -0.129. The molecule has 3 aromatic rings. The van der Waals surface area contributed by atoms with E-state index in [-0.39, 0.29) is 5.91 Å². The number of carbonyl (C=O) groups is 1. The molecule has 0 spiro atoms. The van der Waals surface area contributed by atoms with Gasteiger partial charge in [0, 0.05) is 38.2 Å². The molecule has 0 saturated carbocycles. The van der Waals surface area contributed by atoms with Crippen molar-refractivity contribution in [1.29, 1.82) is 0 Å². The molecule has 1 N–H and O–H groups in total. The molecule has 2 aliphatic rings. The summed E-state index contributed by atoms with van der Waals surface area (Å²) in [6, 6.07) is 11.0. The molecule has 5 rings (SSSR count). The lowest BCUT2D eigenvalue weighted by Gasteiger charge is -2.31. The van der Waals surface area contributed by atoms with E-state index in [4.69, 9.17) is 4.98 Å². The Balaban J connectivity index is 1.38. The minimum absolute atomic E-state index is 0.163. The van der Waals surface area contributed by atoms with E-state index in [9.17, 15) is 4.79 Å². The zero-order valence-electron chi connectivity index (χ0n) is 21.8. The van der Waals surface area contributed by atoms with Gasteiger partial charge in [0.15, 0.2) is 5.65 Å². The van der Waals surface area contributed by atoms with Crippen LogP contribution in [0, 0.1) is 6.92 Å². The summed E-state index contributed by atoms with van der Waals surface area (Å²) in [4.78, 5) is 18.6. The van der Waals surface area contributed by atoms with Crippen molar-refractivity contribution in [2.45, 2.75) is 59.0 Å². The maximum absolute atomic E-state index is 11.6. The van der Waals surface area contributed by atoms with Crippen LogP contribution >= 0.6 is 15.9 Å². The van der Waals surface area contributed by atoms with E-state index in [1.807, 2.05) is 15.6 Å². The van der Waals surface area contributed by atoms with Gasteiger partial charge in [-0.3, -0.25) is 4.79 Å². The van der Waals surface area contributed by atoms with Gasteiger partial charge in [0.25, 0.3) is 0 Å². The first-order valence-electron chi connectivity index (χ1n) is 13.0. The van der Waals surface area contributed by atoms with Crippen LogP contribution in [0.1, 0.15) is 62.0 Å². The average molecular weight is 561 g/mol. The largest absolute Gasteiger partial charge is 0.343 e. The summed E-state index contributed by atoms with van der Waals surface area (Å²) in [5, 5.41) is 8.32. The third-order valence-electron chi connectivity index (χ3n) is 7.39. The number of fused-ring (bicyclic) bond motifs is 1. The highest BCUT2D eigenvalue weighted by Gasteiger charge is 2.21. The molecule has 1 saturated heterocycles. The fourth-order valence-electron chi connectivity index (χ4n) is 4.89. The predicted molar refractivity (Wildman–Crippen MR) is 153 cm³/mol. The predicted octanol–water partition coefficient (Wildman–Crippen LogP) is 6.11. The van der Waals surface area contributed by atoms with Crippen LogP contribution in [0.15, 0.2) is 64.8 Å². The Hall–Kier alpha value is -3.03. The SMILES string of the molecule is CC(=O)N1CCC(NCc2nc3c(C(C)=CC=C(CC4=CC4)c4ccccc4)cnn3c(C)c2Br)CC1. The number of hydrogen-bond acceptors (Lipinski definition) is 4. The molecule has 0 bridgehead atoms. The summed E-state index contributed by atoms with van der Waals surface area (Å²) < 4.78 is 2.90. The molecule has 1 aliphatic heterocycles. The van der Waals surface area contributed by atoms with Crippen molar-refractivity contribution in [1.82, 2.24) is 24.8 Å². The van der Waals surface area contributed by atoms with Gasteiger partial charge in [-0.15, -0.1) is 0 Å². The van der Waals surface area contributed by atoms with Gasteiger partial charge in [0.05, 0.1) is 22.1 Å². The van der Waals surface area contributed by atoms with E-state index in [1.165, 1.54) is 16.7 Å². The molecule has 192 valence electrons. The molecule has 6 nitrogen and oxygen atoms in total. The highest BCUT2D eigenvalue weighted by atomic mass is 79.9. The number of nitrogens with zero attached hydrogens (tertiary/aromatic N) is 4. The van der Waals surface area contributed by atoms with Gasteiger partial charge in [-0.1, -0.05) is 54.1 Å². The Bertz CT molecular complexity index is 1390. The first-order valence-corrected chi connectivity index (χ1v) is 13.8. The summed E-state index contributed by atoms with van der Waals surface area (Å²) in [6.07, 6.45) is 12.7. The summed E-state index contributed by atoms with van der Waals surface area (Å²) in [6.45, 7) is 8.14. The number of amides is 1. The highest BCUT2D eigenvalue weighted by Crippen LogP contribution is 2.32. The average Bonchev–Trinajstić information content (AvgIpc) is 3.64. The molecule has 2 aromatic heterocycles. The normalized spacial score (nSPS) is 16.9. The first-order chi connectivity index (χ1) is 17.9. The fourth-order valence-corrected chi connectivity index (χ4v) is 5.29. The van der Waals surface area contributed by atoms with Gasteiger partial charge in [-0.2, -0.15) is 5.10 Å². The number of likely N-dealkylation sites (tertiary alicyclic amines) is 1. The third kappa shape index (κ3) is 5.94. The second-order valence-electron chi connectivity index (χ2n) is 10.1. The molecule has 1 amide bonds. The molecule has 0 radical (unpaired) electrons. The molecule has 7 heteroatoms. The number of rotatable bonds is 8. The van der Waals surface area contributed by atoms with Crippen molar-refractivity contribution in [3.8, 4) is 0 Å². The summed E-state index contributed by atoms with van der Waals surface area (Å²) in [7, 11) is 0. The van der Waals surface area contributed by atoms with Crippen molar-refractivity contribution in [3.05, 3.63) is 87.3 Å². The van der Waals surface area contributed by atoms with E-state index in [1.54, 1.807) is 6.92 Å². The zero-order valence-corrected chi connectivity index (χ0v) is 23.4. The Labute approximate surface area is 227 Å².